The lowest BCUT2D eigenvalue weighted by Gasteiger charge is -2.28. The highest BCUT2D eigenvalue weighted by molar-refractivity contribution is 4.81. The van der Waals surface area contributed by atoms with Crippen LogP contribution in [0, 0.1) is 0 Å². The lowest BCUT2D eigenvalue weighted by molar-refractivity contribution is 0.0693. The summed E-state index contributed by atoms with van der Waals surface area (Å²) in [5.74, 6) is 0. The molecule has 4 heteroatoms. The van der Waals surface area contributed by atoms with Crippen LogP contribution in [0.25, 0.3) is 0 Å². The summed E-state index contributed by atoms with van der Waals surface area (Å²) in [4.78, 5) is 4.93. The fourth-order valence-electron chi connectivity index (χ4n) is 2.62. The van der Waals surface area contributed by atoms with Gasteiger partial charge in [-0.1, -0.05) is 0 Å². The second kappa shape index (κ2) is 5.96. The van der Waals surface area contributed by atoms with E-state index in [-0.39, 0.29) is 0 Å². The molecule has 94 valence electrons. The minimum absolute atomic E-state index is 0.565. The Kier molecular flexibility index (Phi) is 4.58. The number of hydrogen-bond acceptors (Lipinski definition) is 4. The Balaban J connectivity index is 1.64. The number of likely N-dealkylation sites (N-methyl/N-ethyl adjacent to an activating group) is 2. The second-order valence-corrected chi connectivity index (χ2v) is 5.20. The van der Waals surface area contributed by atoms with E-state index in [2.05, 4.69) is 29.2 Å². The van der Waals surface area contributed by atoms with E-state index in [0.29, 0.717) is 6.04 Å². The molecule has 2 atom stereocenters. The third kappa shape index (κ3) is 3.42. The molecule has 0 saturated carbocycles. The second-order valence-electron chi connectivity index (χ2n) is 5.20. The molecule has 2 rings (SSSR count). The van der Waals surface area contributed by atoms with E-state index >= 15 is 0 Å². The summed E-state index contributed by atoms with van der Waals surface area (Å²) in [6.45, 7) is 6.43. The van der Waals surface area contributed by atoms with Crippen LogP contribution in [-0.2, 0) is 4.74 Å². The normalized spacial score (nSPS) is 32.4. The SMILES string of the molecule is CN1CCC(N(C)CCC2COCCN2)C1. The molecule has 2 fully saturated rings. The maximum absolute atomic E-state index is 5.47. The lowest BCUT2D eigenvalue weighted by atomic mass is 10.1. The van der Waals surface area contributed by atoms with Crippen molar-refractivity contribution in [1.82, 2.24) is 15.1 Å². The zero-order valence-corrected chi connectivity index (χ0v) is 10.6. The smallest absolute Gasteiger partial charge is 0.0620 e. The maximum atomic E-state index is 5.47. The highest BCUT2D eigenvalue weighted by atomic mass is 16.5. The molecule has 0 amide bonds. The minimum Gasteiger partial charge on any atom is -0.379 e. The molecule has 0 radical (unpaired) electrons. The fraction of sp³-hybridized carbons (Fsp3) is 1.00. The number of nitrogens with zero attached hydrogens (tertiary/aromatic N) is 2. The van der Waals surface area contributed by atoms with Gasteiger partial charge in [0.25, 0.3) is 0 Å². The van der Waals surface area contributed by atoms with Crippen LogP contribution < -0.4 is 5.32 Å². The van der Waals surface area contributed by atoms with Gasteiger partial charge in [0, 0.05) is 25.2 Å². The lowest BCUT2D eigenvalue weighted by Crippen LogP contribution is -2.44. The van der Waals surface area contributed by atoms with Gasteiger partial charge in [0.05, 0.1) is 13.2 Å². The summed E-state index contributed by atoms with van der Waals surface area (Å²) in [6, 6.07) is 1.32. The molecule has 0 aromatic rings. The van der Waals surface area contributed by atoms with E-state index in [9.17, 15) is 0 Å². The molecular weight excluding hydrogens is 202 g/mol. The molecule has 2 unspecified atom stereocenters. The molecule has 0 bridgehead atoms. The number of morpholine rings is 1. The Labute approximate surface area is 98.9 Å². The Morgan fingerprint density at radius 1 is 1.50 bits per heavy atom. The fourth-order valence-corrected chi connectivity index (χ4v) is 2.62. The van der Waals surface area contributed by atoms with Gasteiger partial charge < -0.3 is 19.9 Å². The first-order chi connectivity index (χ1) is 7.75. The summed E-state index contributed by atoms with van der Waals surface area (Å²) in [5.41, 5.74) is 0. The number of likely N-dealkylation sites (tertiary alicyclic amines) is 1. The third-order valence-electron chi connectivity index (χ3n) is 3.82. The average molecular weight is 227 g/mol. The van der Waals surface area contributed by atoms with Crippen molar-refractivity contribution in [3.8, 4) is 0 Å². The van der Waals surface area contributed by atoms with Gasteiger partial charge in [0.1, 0.15) is 0 Å². The molecule has 2 aliphatic heterocycles. The Bertz CT molecular complexity index is 206. The Morgan fingerprint density at radius 3 is 3.00 bits per heavy atom. The van der Waals surface area contributed by atoms with E-state index in [1.54, 1.807) is 0 Å². The van der Waals surface area contributed by atoms with E-state index < -0.39 is 0 Å². The monoisotopic (exact) mass is 227 g/mol. The molecule has 1 N–H and O–H groups in total. The van der Waals surface area contributed by atoms with Gasteiger partial charge in [-0.3, -0.25) is 0 Å². The molecule has 0 aromatic carbocycles. The van der Waals surface area contributed by atoms with Gasteiger partial charge in [0.15, 0.2) is 0 Å². The molecule has 0 spiro atoms. The van der Waals surface area contributed by atoms with E-state index in [1.165, 1.54) is 32.5 Å². The number of ether oxygens (including phenoxy) is 1. The summed E-state index contributed by atoms with van der Waals surface area (Å²) >= 11 is 0. The average Bonchev–Trinajstić information content (AvgIpc) is 2.74. The van der Waals surface area contributed by atoms with Crippen LogP contribution >= 0.6 is 0 Å². The van der Waals surface area contributed by atoms with E-state index in [1.807, 2.05) is 0 Å². The Morgan fingerprint density at radius 2 is 2.38 bits per heavy atom. The van der Waals surface area contributed by atoms with Crippen molar-refractivity contribution in [2.24, 2.45) is 0 Å². The van der Waals surface area contributed by atoms with Crippen molar-refractivity contribution >= 4 is 0 Å². The molecule has 4 nitrogen and oxygen atoms in total. The van der Waals surface area contributed by atoms with Gasteiger partial charge in [-0.2, -0.15) is 0 Å². The Hall–Kier alpha value is -0.160. The van der Waals surface area contributed by atoms with Gasteiger partial charge in [0.2, 0.25) is 0 Å². The van der Waals surface area contributed by atoms with Gasteiger partial charge in [-0.05, 0) is 40.0 Å². The summed E-state index contributed by atoms with van der Waals surface area (Å²) in [5, 5.41) is 3.51. The third-order valence-corrected chi connectivity index (χ3v) is 3.82. The quantitative estimate of drug-likeness (QED) is 0.732. The van der Waals surface area contributed by atoms with Crippen molar-refractivity contribution in [2.45, 2.75) is 24.9 Å². The van der Waals surface area contributed by atoms with Crippen LogP contribution in [-0.4, -0.2) is 75.4 Å². The largest absolute Gasteiger partial charge is 0.379 e. The van der Waals surface area contributed by atoms with E-state index in [0.717, 1.165) is 25.8 Å². The standard InChI is InChI=1S/C12H25N3O/c1-14-6-4-12(9-14)15(2)7-3-11-10-16-8-5-13-11/h11-13H,3-10H2,1-2H3. The molecule has 16 heavy (non-hydrogen) atoms. The van der Waals surface area contributed by atoms with Crippen LogP contribution in [0.3, 0.4) is 0 Å². The summed E-state index contributed by atoms with van der Waals surface area (Å²) in [6.07, 6.45) is 2.53. The molecule has 2 saturated heterocycles. The van der Waals surface area contributed by atoms with Crippen molar-refractivity contribution in [3.63, 3.8) is 0 Å². The highest BCUT2D eigenvalue weighted by Crippen LogP contribution is 2.13. The number of rotatable bonds is 4. The van der Waals surface area contributed by atoms with Gasteiger partial charge in [-0.25, -0.2) is 0 Å². The number of hydrogen-bond donors (Lipinski definition) is 1. The van der Waals surface area contributed by atoms with Crippen LogP contribution in [0.5, 0.6) is 0 Å². The molecule has 0 aliphatic carbocycles. The predicted molar refractivity (Wildman–Crippen MR) is 65.8 cm³/mol. The zero-order valence-electron chi connectivity index (χ0n) is 10.6. The van der Waals surface area contributed by atoms with Crippen molar-refractivity contribution in [3.05, 3.63) is 0 Å². The van der Waals surface area contributed by atoms with Crippen molar-refractivity contribution in [2.75, 3.05) is 53.5 Å². The first kappa shape index (κ1) is 12.3. The van der Waals surface area contributed by atoms with E-state index in [4.69, 9.17) is 4.74 Å². The first-order valence-corrected chi connectivity index (χ1v) is 6.45. The maximum Gasteiger partial charge on any atom is 0.0620 e. The van der Waals surface area contributed by atoms with Crippen LogP contribution in [0.2, 0.25) is 0 Å². The first-order valence-electron chi connectivity index (χ1n) is 6.45. The van der Waals surface area contributed by atoms with Gasteiger partial charge >= 0.3 is 0 Å². The topological polar surface area (TPSA) is 27.7 Å². The van der Waals surface area contributed by atoms with Crippen LogP contribution in [0.4, 0.5) is 0 Å². The van der Waals surface area contributed by atoms with Crippen LogP contribution in [0.1, 0.15) is 12.8 Å². The van der Waals surface area contributed by atoms with Crippen molar-refractivity contribution < 1.29 is 4.74 Å². The number of nitrogens with one attached hydrogen (secondary N) is 1. The van der Waals surface area contributed by atoms with Gasteiger partial charge in [-0.15, -0.1) is 0 Å². The predicted octanol–water partition coefficient (Wildman–Crippen LogP) is 0.000800. The van der Waals surface area contributed by atoms with Crippen molar-refractivity contribution in [1.29, 1.82) is 0 Å². The minimum atomic E-state index is 0.565. The summed E-state index contributed by atoms with van der Waals surface area (Å²) < 4.78 is 5.47. The molecular formula is C12H25N3O. The highest BCUT2D eigenvalue weighted by Gasteiger charge is 2.23. The zero-order chi connectivity index (χ0) is 11.4. The molecule has 0 aromatic heterocycles. The van der Waals surface area contributed by atoms with Crippen LogP contribution in [0.15, 0.2) is 0 Å². The molecule has 2 heterocycles. The molecule has 2 aliphatic rings. The summed E-state index contributed by atoms with van der Waals surface area (Å²) in [7, 11) is 4.47.